The van der Waals surface area contributed by atoms with Crippen molar-refractivity contribution in [3.05, 3.63) is 46.6 Å². The molecule has 1 N–H and O–H groups in total. The molecule has 0 amide bonds. The lowest BCUT2D eigenvalue weighted by Gasteiger charge is -2.05. The number of halogens is 2. The van der Waals surface area contributed by atoms with Crippen LogP contribution in [0, 0.1) is 5.82 Å². The number of aromatic nitrogens is 4. The minimum absolute atomic E-state index is 0.0966. The molecule has 100 valence electrons. The van der Waals surface area contributed by atoms with Gasteiger partial charge in [0.2, 0.25) is 0 Å². The maximum absolute atomic E-state index is 13.9. The number of hydrogen-bond acceptors (Lipinski definition) is 4. The quantitative estimate of drug-likeness (QED) is 0.777. The van der Waals surface area contributed by atoms with E-state index in [0.717, 1.165) is 0 Å². The van der Waals surface area contributed by atoms with Crippen LogP contribution in [0.25, 0.3) is 17.0 Å². The lowest BCUT2D eigenvalue weighted by Crippen LogP contribution is -2.01. The highest BCUT2D eigenvalue weighted by Crippen LogP contribution is 2.25. The van der Waals surface area contributed by atoms with Crippen LogP contribution >= 0.6 is 15.9 Å². The Kier molecular flexibility index (Phi) is 2.94. The van der Waals surface area contributed by atoms with Gasteiger partial charge in [-0.1, -0.05) is 15.9 Å². The van der Waals surface area contributed by atoms with Gasteiger partial charge >= 0.3 is 5.97 Å². The second kappa shape index (κ2) is 4.64. The average molecular weight is 337 g/mol. The van der Waals surface area contributed by atoms with Crippen LogP contribution < -0.4 is 0 Å². The molecule has 0 saturated heterocycles. The Balaban J connectivity index is 2.30. The molecule has 0 atom stereocenters. The van der Waals surface area contributed by atoms with E-state index in [0.29, 0.717) is 10.2 Å². The van der Waals surface area contributed by atoms with E-state index in [2.05, 4.69) is 31.0 Å². The zero-order chi connectivity index (χ0) is 14.3. The predicted octanol–water partition coefficient (Wildman–Crippen LogP) is 2.39. The van der Waals surface area contributed by atoms with Gasteiger partial charge in [-0.15, -0.1) is 5.10 Å². The van der Waals surface area contributed by atoms with Crippen LogP contribution in [-0.2, 0) is 0 Å². The Labute approximate surface area is 120 Å². The van der Waals surface area contributed by atoms with Gasteiger partial charge in [-0.05, 0) is 24.3 Å². The number of carbonyl (C=O) groups is 1. The maximum atomic E-state index is 13.9. The van der Waals surface area contributed by atoms with E-state index < -0.39 is 11.8 Å². The molecule has 0 aliphatic heterocycles. The van der Waals surface area contributed by atoms with E-state index in [9.17, 15) is 9.18 Å². The van der Waals surface area contributed by atoms with Crippen molar-refractivity contribution in [2.75, 3.05) is 0 Å². The van der Waals surface area contributed by atoms with E-state index in [1.54, 1.807) is 12.1 Å². The highest BCUT2D eigenvalue weighted by atomic mass is 79.9. The average Bonchev–Trinajstić information content (AvgIpc) is 2.85. The van der Waals surface area contributed by atoms with Gasteiger partial charge in [0.25, 0.3) is 11.6 Å². The number of carboxylic acids is 1. The van der Waals surface area contributed by atoms with Gasteiger partial charge in [0.05, 0.1) is 5.69 Å². The van der Waals surface area contributed by atoms with E-state index in [4.69, 9.17) is 5.11 Å². The number of nitrogens with zero attached hydrogens (tertiary/aromatic N) is 4. The molecule has 6 nitrogen and oxygen atoms in total. The predicted molar refractivity (Wildman–Crippen MR) is 70.8 cm³/mol. The van der Waals surface area contributed by atoms with Crippen LogP contribution in [0.15, 0.2) is 34.9 Å². The molecule has 0 spiro atoms. The Hall–Kier alpha value is -2.35. The first-order valence-corrected chi connectivity index (χ1v) is 6.26. The molecule has 0 aliphatic carbocycles. The Morgan fingerprint density at radius 2 is 2.15 bits per heavy atom. The van der Waals surface area contributed by atoms with Gasteiger partial charge in [0.1, 0.15) is 5.82 Å². The van der Waals surface area contributed by atoms with Gasteiger partial charge in [-0.3, -0.25) is 0 Å². The van der Waals surface area contributed by atoms with Crippen molar-refractivity contribution in [2.45, 2.75) is 0 Å². The van der Waals surface area contributed by atoms with Gasteiger partial charge in [0.15, 0.2) is 0 Å². The van der Waals surface area contributed by atoms with Crippen LogP contribution in [0.4, 0.5) is 4.39 Å². The number of benzene rings is 1. The smallest absolute Gasteiger partial charge is 0.375 e. The molecule has 8 heteroatoms. The molecule has 20 heavy (non-hydrogen) atoms. The molecule has 0 saturated carbocycles. The fourth-order valence-corrected chi connectivity index (χ4v) is 2.14. The van der Waals surface area contributed by atoms with Crippen molar-refractivity contribution >= 4 is 27.7 Å². The molecule has 2 heterocycles. The van der Waals surface area contributed by atoms with E-state index in [1.807, 2.05) is 0 Å². The molecule has 0 aliphatic rings. The summed E-state index contributed by atoms with van der Waals surface area (Å²) in [5, 5.41) is 12.7. The van der Waals surface area contributed by atoms with Gasteiger partial charge in [-0.25, -0.2) is 14.2 Å². The zero-order valence-corrected chi connectivity index (χ0v) is 11.4. The standard InChI is InChI=1S/C12H6BrFN4O2/c13-6-1-2-8(14)7(5-6)9-3-4-15-12-16-10(11(19)20)17-18(9)12/h1-5H,(H,19,20). The summed E-state index contributed by atoms with van der Waals surface area (Å²) < 4.78 is 15.8. The monoisotopic (exact) mass is 336 g/mol. The summed E-state index contributed by atoms with van der Waals surface area (Å²) in [7, 11) is 0. The van der Waals surface area contributed by atoms with E-state index in [-0.39, 0.29) is 17.2 Å². The van der Waals surface area contributed by atoms with Crippen molar-refractivity contribution in [2.24, 2.45) is 0 Å². The first-order valence-electron chi connectivity index (χ1n) is 5.47. The highest BCUT2D eigenvalue weighted by Gasteiger charge is 2.16. The van der Waals surface area contributed by atoms with Gasteiger partial charge in [0, 0.05) is 16.2 Å². The molecule has 0 bridgehead atoms. The maximum Gasteiger partial charge on any atom is 0.375 e. The normalized spacial score (nSPS) is 10.9. The summed E-state index contributed by atoms with van der Waals surface area (Å²) in [5.74, 6) is -2.01. The van der Waals surface area contributed by atoms with Crippen molar-refractivity contribution in [1.82, 2.24) is 19.6 Å². The molecule has 1 aromatic carbocycles. The molecular weight excluding hydrogens is 331 g/mol. The summed E-state index contributed by atoms with van der Waals surface area (Å²) in [6.45, 7) is 0. The van der Waals surface area contributed by atoms with E-state index >= 15 is 0 Å². The Bertz CT molecular complexity index is 833. The van der Waals surface area contributed by atoms with Crippen LogP contribution in [0.2, 0.25) is 0 Å². The van der Waals surface area contributed by atoms with Gasteiger partial charge in [-0.2, -0.15) is 9.50 Å². The lowest BCUT2D eigenvalue weighted by atomic mass is 10.1. The van der Waals surface area contributed by atoms with Crippen molar-refractivity contribution < 1.29 is 14.3 Å². The molecule has 2 aromatic heterocycles. The third kappa shape index (κ3) is 2.03. The molecule has 0 fully saturated rings. The van der Waals surface area contributed by atoms with E-state index in [1.165, 1.54) is 22.8 Å². The third-order valence-corrected chi connectivity index (χ3v) is 3.13. The molecule has 3 aromatic rings. The summed E-state index contributed by atoms with van der Waals surface area (Å²) in [6, 6.07) is 5.99. The summed E-state index contributed by atoms with van der Waals surface area (Å²) in [5.41, 5.74) is 0.641. The lowest BCUT2D eigenvalue weighted by molar-refractivity contribution is 0.0684. The van der Waals surface area contributed by atoms with Crippen LogP contribution in [0.3, 0.4) is 0 Å². The van der Waals surface area contributed by atoms with Crippen LogP contribution in [0.1, 0.15) is 10.6 Å². The van der Waals surface area contributed by atoms with Crippen molar-refractivity contribution in [3.63, 3.8) is 0 Å². The third-order valence-electron chi connectivity index (χ3n) is 2.64. The van der Waals surface area contributed by atoms with Crippen molar-refractivity contribution in [3.8, 4) is 11.3 Å². The molecule has 0 unspecified atom stereocenters. The summed E-state index contributed by atoms with van der Waals surface area (Å²) >= 11 is 3.26. The second-order valence-corrected chi connectivity index (χ2v) is 4.82. The highest BCUT2D eigenvalue weighted by molar-refractivity contribution is 9.10. The molecular formula is C12H6BrFN4O2. The summed E-state index contributed by atoms with van der Waals surface area (Å²) in [4.78, 5) is 18.6. The number of aromatic carboxylic acids is 1. The number of fused-ring (bicyclic) bond motifs is 1. The minimum Gasteiger partial charge on any atom is -0.475 e. The first-order chi connectivity index (χ1) is 9.56. The Morgan fingerprint density at radius 1 is 1.35 bits per heavy atom. The van der Waals surface area contributed by atoms with Gasteiger partial charge < -0.3 is 5.11 Å². The van der Waals surface area contributed by atoms with Crippen LogP contribution in [0.5, 0.6) is 0 Å². The number of hydrogen-bond donors (Lipinski definition) is 1. The number of rotatable bonds is 2. The zero-order valence-electron chi connectivity index (χ0n) is 9.79. The SMILES string of the molecule is O=C(O)c1nc2nccc(-c3cc(Br)ccc3F)n2n1. The molecule has 3 rings (SSSR count). The van der Waals surface area contributed by atoms with Crippen molar-refractivity contribution in [1.29, 1.82) is 0 Å². The topological polar surface area (TPSA) is 80.4 Å². The fraction of sp³-hybridized carbons (Fsp3) is 0. The minimum atomic E-state index is -1.27. The first kappa shape index (κ1) is 12.7. The molecule has 0 radical (unpaired) electrons. The summed E-state index contributed by atoms with van der Waals surface area (Å²) in [6.07, 6.45) is 1.42. The fourth-order valence-electron chi connectivity index (χ4n) is 1.78. The Morgan fingerprint density at radius 3 is 2.90 bits per heavy atom. The largest absolute Gasteiger partial charge is 0.475 e. The number of carboxylic acid groups (broad SMARTS) is 1. The van der Waals surface area contributed by atoms with Crippen LogP contribution in [-0.4, -0.2) is 30.7 Å². The second-order valence-electron chi connectivity index (χ2n) is 3.91.